The summed E-state index contributed by atoms with van der Waals surface area (Å²) >= 11 is 0. The topological polar surface area (TPSA) is 78.9 Å². The molecule has 6 nitrogen and oxygen atoms in total. The molecule has 0 saturated carbocycles. The van der Waals surface area contributed by atoms with Gasteiger partial charge in [0.05, 0.1) is 0 Å². The number of carbonyl (C=O) groups excluding carboxylic acids is 3. The van der Waals surface area contributed by atoms with Crippen molar-refractivity contribution in [3.63, 3.8) is 0 Å². The van der Waals surface area contributed by atoms with E-state index in [1.54, 1.807) is 0 Å². The van der Waals surface area contributed by atoms with Crippen LogP contribution >= 0.6 is 0 Å². The third-order valence-electron chi connectivity index (χ3n) is 9.91. The summed E-state index contributed by atoms with van der Waals surface area (Å²) in [6.45, 7) is 6.41. The predicted molar refractivity (Wildman–Crippen MR) is 251 cm³/mol. The summed E-state index contributed by atoms with van der Waals surface area (Å²) in [6, 6.07) is 0. The maximum absolute atomic E-state index is 12.7. The highest BCUT2D eigenvalue weighted by atomic mass is 16.6. The molecule has 6 heteroatoms. The van der Waals surface area contributed by atoms with Gasteiger partial charge in [-0.1, -0.05) is 209 Å². The average Bonchev–Trinajstić information content (AvgIpc) is 3.23. The van der Waals surface area contributed by atoms with Gasteiger partial charge in [0.25, 0.3) is 0 Å². The number of esters is 3. The second kappa shape index (κ2) is 47.3. The molecule has 59 heavy (non-hydrogen) atoms. The van der Waals surface area contributed by atoms with E-state index in [0.717, 1.165) is 89.9 Å². The van der Waals surface area contributed by atoms with Gasteiger partial charge in [-0.25, -0.2) is 0 Å². The Morgan fingerprint density at radius 1 is 0.356 bits per heavy atom. The van der Waals surface area contributed by atoms with Crippen LogP contribution in [0.5, 0.6) is 0 Å². The second-order valence-electron chi connectivity index (χ2n) is 15.6. The van der Waals surface area contributed by atoms with Crippen molar-refractivity contribution >= 4 is 17.9 Å². The van der Waals surface area contributed by atoms with E-state index < -0.39 is 6.10 Å². The third kappa shape index (κ3) is 45.5. The van der Waals surface area contributed by atoms with Gasteiger partial charge in [-0.3, -0.25) is 14.4 Å². The first kappa shape index (κ1) is 55.6. The number of hydrogen-bond acceptors (Lipinski definition) is 6. The molecule has 0 aromatic rings. The van der Waals surface area contributed by atoms with Crippen LogP contribution in [-0.4, -0.2) is 37.2 Å². The summed E-state index contributed by atoms with van der Waals surface area (Å²) in [5.74, 6) is -0.966. The van der Waals surface area contributed by atoms with Crippen molar-refractivity contribution in [1.82, 2.24) is 0 Å². The van der Waals surface area contributed by atoms with Crippen molar-refractivity contribution < 1.29 is 28.6 Å². The van der Waals surface area contributed by atoms with Crippen LogP contribution in [0.15, 0.2) is 85.1 Å². The van der Waals surface area contributed by atoms with Crippen LogP contribution in [0.3, 0.4) is 0 Å². The van der Waals surface area contributed by atoms with Gasteiger partial charge in [0.15, 0.2) is 6.10 Å². The lowest BCUT2D eigenvalue weighted by atomic mass is 10.1. The van der Waals surface area contributed by atoms with E-state index in [2.05, 4.69) is 106 Å². The highest BCUT2D eigenvalue weighted by Gasteiger charge is 2.19. The molecular weight excluding hydrogens is 733 g/mol. The summed E-state index contributed by atoms with van der Waals surface area (Å²) in [6.07, 6.45) is 60.1. The van der Waals surface area contributed by atoms with Gasteiger partial charge in [0, 0.05) is 19.3 Å². The molecule has 1 unspecified atom stereocenters. The number of carbonyl (C=O) groups is 3. The molecule has 336 valence electrons. The Balaban J connectivity index is 4.36. The van der Waals surface area contributed by atoms with E-state index in [0.29, 0.717) is 19.3 Å². The Hall–Kier alpha value is -3.41. The molecule has 0 N–H and O–H groups in total. The molecule has 0 aliphatic heterocycles. The van der Waals surface area contributed by atoms with Crippen molar-refractivity contribution in [2.24, 2.45) is 0 Å². The van der Waals surface area contributed by atoms with Crippen molar-refractivity contribution in [1.29, 1.82) is 0 Å². The molecule has 1 atom stereocenters. The zero-order valence-corrected chi connectivity index (χ0v) is 38.2. The van der Waals surface area contributed by atoms with Crippen molar-refractivity contribution in [3.05, 3.63) is 85.1 Å². The van der Waals surface area contributed by atoms with Gasteiger partial charge in [-0.2, -0.15) is 0 Å². The molecule has 0 spiro atoms. The monoisotopic (exact) mass is 821 g/mol. The maximum atomic E-state index is 12.7. The van der Waals surface area contributed by atoms with Gasteiger partial charge >= 0.3 is 17.9 Å². The highest BCUT2D eigenvalue weighted by Crippen LogP contribution is 2.13. The van der Waals surface area contributed by atoms with Crippen LogP contribution in [0.4, 0.5) is 0 Å². The molecule has 0 radical (unpaired) electrons. The number of unbranched alkanes of at least 4 members (excludes halogenated alkanes) is 17. The molecule has 0 aromatic carbocycles. The van der Waals surface area contributed by atoms with Crippen LogP contribution in [0.2, 0.25) is 0 Å². The first-order valence-corrected chi connectivity index (χ1v) is 24.1. The Kier molecular flexibility index (Phi) is 44.5. The van der Waals surface area contributed by atoms with Gasteiger partial charge < -0.3 is 14.2 Å². The molecule has 0 bridgehead atoms. The predicted octanol–water partition coefficient (Wildman–Crippen LogP) is 15.6. The minimum absolute atomic E-state index is 0.0930. The van der Waals surface area contributed by atoms with E-state index in [-0.39, 0.29) is 37.5 Å². The summed E-state index contributed by atoms with van der Waals surface area (Å²) in [5, 5.41) is 0. The third-order valence-corrected chi connectivity index (χ3v) is 9.91. The summed E-state index contributed by atoms with van der Waals surface area (Å²) in [4.78, 5) is 37.6. The lowest BCUT2D eigenvalue weighted by Crippen LogP contribution is -2.30. The molecule has 0 aromatic heterocycles. The fourth-order valence-electron chi connectivity index (χ4n) is 6.31. The number of hydrogen-bond donors (Lipinski definition) is 0. The zero-order valence-electron chi connectivity index (χ0n) is 38.2. The Morgan fingerprint density at radius 3 is 1.03 bits per heavy atom. The number of ether oxygens (including phenoxy) is 3. The Labute approximate surface area is 363 Å². The normalized spacial score (nSPS) is 12.8. The zero-order chi connectivity index (χ0) is 43.0. The lowest BCUT2D eigenvalue weighted by Gasteiger charge is -2.18. The lowest BCUT2D eigenvalue weighted by molar-refractivity contribution is -0.167. The first-order valence-electron chi connectivity index (χ1n) is 24.1. The first-order chi connectivity index (χ1) is 29.0. The highest BCUT2D eigenvalue weighted by molar-refractivity contribution is 5.71. The molecule has 0 fully saturated rings. The molecular formula is C53H88O6. The van der Waals surface area contributed by atoms with Crippen molar-refractivity contribution in [2.75, 3.05) is 13.2 Å². The minimum atomic E-state index is -0.793. The Bertz CT molecular complexity index is 1170. The fourth-order valence-corrected chi connectivity index (χ4v) is 6.31. The van der Waals surface area contributed by atoms with Crippen LogP contribution in [-0.2, 0) is 28.6 Å². The molecule has 0 saturated heterocycles. The second-order valence-corrected chi connectivity index (χ2v) is 15.6. The van der Waals surface area contributed by atoms with Crippen molar-refractivity contribution in [2.45, 2.75) is 219 Å². The molecule has 0 aliphatic carbocycles. The maximum Gasteiger partial charge on any atom is 0.306 e. The van der Waals surface area contributed by atoms with Gasteiger partial charge in [0.2, 0.25) is 0 Å². The fraction of sp³-hybridized carbons (Fsp3) is 0.679. The molecule has 0 aliphatic rings. The minimum Gasteiger partial charge on any atom is -0.462 e. The number of allylic oxidation sites excluding steroid dienone is 14. The summed E-state index contributed by atoms with van der Waals surface area (Å²) < 4.78 is 16.6. The smallest absolute Gasteiger partial charge is 0.306 e. The van der Waals surface area contributed by atoms with E-state index in [4.69, 9.17) is 14.2 Å². The standard InChI is InChI=1S/C53H88O6/c1-4-7-10-13-16-19-21-22-23-24-25-26-27-28-29-30-31-32-33-35-37-40-43-46-52(55)58-49-50(48-57-51(54)45-42-39-36-18-15-12-9-6-3)59-53(56)47-44-41-38-34-20-17-14-11-8-5-2/h7,10,16,19,22-23,25-26,28-29,31-32,35,37,50H,4-6,8-9,11-15,17-18,20-21,24,27,30,33-34,36,38-49H2,1-3H3/b10-7-,19-16-,23-22-,26-25-,29-28-,32-31-,37-35-. The average molecular weight is 821 g/mol. The van der Waals surface area contributed by atoms with Gasteiger partial charge in [0.1, 0.15) is 13.2 Å². The van der Waals surface area contributed by atoms with E-state index >= 15 is 0 Å². The molecule has 0 rings (SSSR count). The molecule has 0 amide bonds. The van der Waals surface area contributed by atoms with Gasteiger partial charge in [-0.05, 0) is 70.6 Å². The Morgan fingerprint density at radius 2 is 0.661 bits per heavy atom. The van der Waals surface area contributed by atoms with Crippen LogP contribution in [0, 0.1) is 0 Å². The summed E-state index contributed by atoms with van der Waals surface area (Å²) in [7, 11) is 0. The van der Waals surface area contributed by atoms with Crippen LogP contribution in [0.1, 0.15) is 213 Å². The quantitative estimate of drug-likeness (QED) is 0.0264. The van der Waals surface area contributed by atoms with Gasteiger partial charge in [-0.15, -0.1) is 0 Å². The number of rotatable bonds is 42. The molecule has 0 heterocycles. The van der Waals surface area contributed by atoms with Crippen LogP contribution in [0.25, 0.3) is 0 Å². The largest absolute Gasteiger partial charge is 0.462 e. The summed E-state index contributed by atoms with van der Waals surface area (Å²) in [5.41, 5.74) is 0. The van der Waals surface area contributed by atoms with Crippen molar-refractivity contribution in [3.8, 4) is 0 Å². The SMILES string of the molecule is CC/C=C\C/C=C\C/C=C\C/C=C\C/C=C\C/C=C\C/C=C\CCCC(=O)OCC(COC(=O)CCCCCCCCCC)OC(=O)CCCCCCCCCCCC. The van der Waals surface area contributed by atoms with E-state index in [9.17, 15) is 14.4 Å². The van der Waals surface area contributed by atoms with E-state index in [1.807, 2.05) is 0 Å². The van der Waals surface area contributed by atoms with E-state index in [1.165, 1.54) is 77.0 Å². The van der Waals surface area contributed by atoms with Crippen LogP contribution < -0.4 is 0 Å².